The lowest BCUT2D eigenvalue weighted by atomic mass is 10.1. The highest BCUT2D eigenvalue weighted by atomic mass is 16.2. The van der Waals surface area contributed by atoms with Crippen LogP contribution in [0, 0.1) is 5.92 Å². The Labute approximate surface area is 81.2 Å². The fourth-order valence-corrected chi connectivity index (χ4v) is 1.47. The zero-order valence-corrected chi connectivity index (χ0v) is 7.71. The molecule has 5 nitrogen and oxygen atoms in total. The summed E-state index contributed by atoms with van der Waals surface area (Å²) < 4.78 is 0. The molecular formula is C9H12N2O3. The van der Waals surface area contributed by atoms with Crippen molar-refractivity contribution in [2.45, 2.75) is 31.7 Å². The second kappa shape index (κ2) is 3.40. The van der Waals surface area contributed by atoms with Crippen molar-refractivity contribution in [3.05, 3.63) is 0 Å². The molecule has 0 aromatic rings. The summed E-state index contributed by atoms with van der Waals surface area (Å²) in [4.78, 5) is 33.4. The number of hydrogen-bond donors (Lipinski definition) is 2. The van der Waals surface area contributed by atoms with Gasteiger partial charge in [0, 0.05) is 12.3 Å². The van der Waals surface area contributed by atoms with Gasteiger partial charge in [0.15, 0.2) is 0 Å². The van der Waals surface area contributed by atoms with E-state index in [2.05, 4.69) is 10.6 Å². The fraction of sp³-hybridized carbons (Fsp3) is 0.667. The quantitative estimate of drug-likeness (QED) is 0.574. The lowest BCUT2D eigenvalue weighted by molar-refractivity contribution is -0.137. The Morgan fingerprint density at radius 2 is 2.00 bits per heavy atom. The Kier molecular flexibility index (Phi) is 2.23. The summed E-state index contributed by atoms with van der Waals surface area (Å²) in [5, 5.41) is 4.85. The highest BCUT2D eigenvalue weighted by molar-refractivity contribution is 6.01. The van der Waals surface area contributed by atoms with Gasteiger partial charge >= 0.3 is 0 Å². The standard InChI is InChI=1S/C9H12N2O3/c12-7-4-3-6(9(14)11-7)10-8(13)5-1-2-5/h5-6H,1-4H2,(H,10,13)(H,11,12,14). The molecule has 76 valence electrons. The van der Waals surface area contributed by atoms with Crippen molar-refractivity contribution in [1.29, 1.82) is 0 Å². The summed E-state index contributed by atoms with van der Waals surface area (Å²) in [7, 11) is 0. The van der Waals surface area contributed by atoms with E-state index in [1.54, 1.807) is 0 Å². The third-order valence-electron chi connectivity index (χ3n) is 2.50. The van der Waals surface area contributed by atoms with E-state index in [-0.39, 0.29) is 23.6 Å². The lowest BCUT2D eigenvalue weighted by Crippen LogP contribution is -2.52. The van der Waals surface area contributed by atoms with Crippen molar-refractivity contribution < 1.29 is 14.4 Å². The molecule has 1 aliphatic heterocycles. The average molecular weight is 196 g/mol. The molecule has 0 aromatic heterocycles. The highest BCUT2D eigenvalue weighted by Gasteiger charge is 2.34. The Hall–Kier alpha value is -1.39. The molecule has 14 heavy (non-hydrogen) atoms. The summed E-state index contributed by atoms with van der Waals surface area (Å²) in [6, 6.07) is -0.513. The van der Waals surface area contributed by atoms with Crippen LogP contribution in [0.1, 0.15) is 25.7 Å². The Morgan fingerprint density at radius 1 is 1.29 bits per heavy atom. The number of amides is 3. The van der Waals surface area contributed by atoms with Gasteiger partial charge in [0.05, 0.1) is 0 Å². The highest BCUT2D eigenvalue weighted by Crippen LogP contribution is 2.29. The van der Waals surface area contributed by atoms with Gasteiger partial charge in [-0.25, -0.2) is 0 Å². The minimum Gasteiger partial charge on any atom is -0.344 e. The van der Waals surface area contributed by atoms with Gasteiger partial charge in [-0.2, -0.15) is 0 Å². The van der Waals surface area contributed by atoms with Crippen LogP contribution in [0.5, 0.6) is 0 Å². The lowest BCUT2D eigenvalue weighted by Gasteiger charge is -2.21. The third kappa shape index (κ3) is 1.92. The maximum absolute atomic E-state index is 11.3. The molecule has 1 saturated heterocycles. The van der Waals surface area contributed by atoms with Crippen LogP contribution in [0.15, 0.2) is 0 Å². The molecule has 1 unspecified atom stereocenters. The Balaban J connectivity index is 1.87. The molecule has 1 atom stereocenters. The first kappa shape index (κ1) is 9.18. The molecule has 5 heteroatoms. The first-order valence-corrected chi connectivity index (χ1v) is 4.81. The van der Waals surface area contributed by atoms with Gasteiger partial charge in [-0.15, -0.1) is 0 Å². The SMILES string of the molecule is O=C1CCC(NC(=O)C2CC2)C(=O)N1. The predicted octanol–water partition coefficient (Wildman–Crippen LogP) is -0.682. The van der Waals surface area contributed by atoms with Gasteiger partial charge in [0.1, 0.15) is 6.04 Å². The van der Waals surface area contributed by atoms with Crippen molar-refractivity contribution in [1.82, 2.24) is 10.6 Å². The number of carbonyl (C=O) groups is 3. The van der Waals surface area contributed by atoms with Crippen molar-refractivity contribution in [2.75, 3.05) is 0 Å². The Bertz CT molecular complexity index is 296. The number of imide groups is 1. The first-order valence-electron chi connectivity index (χ1n) is 4.81. The number of nitrogens with one attached hydrogen (secondary N) is 2. The summed E-state index contributed by atoms with van der Waals surface area (Å²) in [6.07, 6.45) is 2.56. The maximum atomic E-state index is 11.3. The van der Waals surface area contributed by atoms with E-state index >= 15 is 0 Å². The molecule has 1 saturated carbocycles. The third-order valence-corrected chi connectivity index (χ3v) is 2.50. The van der Waals surface area contributed by atoms with Crippen LogP contribution in [-0.2, 0) is 14.4 Å². The maximum Gasteiger partial charge on any atom is 0.249 e. The minimum absolute atomic E-state index is 0.0560. The molecule has 0 aromatic carbocycles. The van der Waals surface area contributed by atoms with Gasteiger partial charge in [0.25, 0.3) is 0 Å². The fourth-order valence-electron chi connectivity index (χ4n) is 1.47. The molecule has 2 rings (SSSR count). The van der Waals surface area contributed by atoms with Crippen molar-refractivity contribution in [3.8, 4) is 0 Å². The van der Waals surface area contributed by atoms with Crippen molar-refractivity contribution in [2.24, 2.45) is 5.92 Å². The van der Waals surface area contributed by atoms with E-state index in [9.17, 15) is 14.4 Å². The molecule has 3 amide bonds. The van der Waals surface area contributed by atoms with E-state index in [4.69, 9.17) is 0 Å². The van der Waals surface area contributed by atoms with Crippen molar-refractivity contribution >= 4 is 17.7 Å². The van der Waals surface area contributed by atoms with Gasteiger partial charge in [-0.05, 0) is 19.3 Å². The van der Waals surface area contributed by atoms with E-state index in [1.165, 1.54) is 0 Å². The summed E-state index contributed by atoms with van der Waals surface area (Å²) in [5.74, 6) is -0.595. The second-order valence-corrected chi connectivity index (χ2v) is 3.79. The van der Waals surface area contributed by atoms with Crippen LogP contribution < -0.4 is 10.6 Å². The minimum atomic E-state index is -0.513. The van der Waals surface area contributed by atoms with Gasteiger partial charge in [0.2, 0.25) is 17.7 Å². The van der Waals surface area contributed by atoms with Gasteiger partial charge < -0.3 is 5.32 Å². The van der Waals surface area contributed by atoms with E-state index < -0.39 is 6.04 Å². The van der Waals surface area contributed by atoms with E-state index in [1.807, 2.05) is 0 Å². The van der Waals surface area contributed by atoms with Crippen LogP contribution in [-0.4, -0.2) is 23.8 Å². The summed E-state index contributed by atoms with van der Waals surface area (Å²) >= 11 is 0. The second-order valence-electron chi connectivity index (χ2n) is 3.79. The molecule has 2 fully saturated rings. The molecular weight excluding hydrogens is 184 g/mol. The zero-order chi connectivity index (χ0) is 10.1. The number of rotatable bonds is 2. The summed E-state index contributed by atoms with van der Waals surface area (Å²) in [5.41, 5.74) is 0. The van der Waals surface area contributed by atoms with Crippen LogP contribution in [0.4, 0.5) is 0 Å². The molecule has 0 spiro atoms. The van der Waals surface area contributed by atoms with E-state index in [0.717, 1.165) is 12.8 Å². The first-order chi connectivity index (χ1) is 6.66. The largest absolute Gasteiger partial charge is 0.344 e. The van der Waals surface area contributed by atoms with Gasteiger partial charge in [-0.3, -0.25) is 19.7 Å². The molecule has 0 bridgehead atoms. The average Bonchev–Trinajstić information content (AvgIpc) is 2.92. The zero-order valence-electron chi connectivity index (χ0n) is 7.71. The van der Waals surface area contributed by atoms with Crippen molar-refractivity contribution in [3.63, 3.8) is 0 Å². The van der Waals surface area contributed by atoms with Gasteiger partial charge in [-0.1, -0.05) is 0 Å². The number of hydrogen-bond acceptors (Lipinski definition) is 3. The number of carbonyl (C=O) groups excluding carboxylic acids is 3. The number of piperidine rings is 1. The van der Waals surface area contributed by atoms with E-state index in [0.29, 0.717) is 12.8 Å². The van der Waals surface area contributed by atoms with Crippen LogP contribution in [0.3, 0.4) is 0 Å². The predicted molar refractivity (Wildman–Crippen MR) is 47.0 cm³/mol. The molecule has 2 N–H and O–H groups in total. The van der Waals surface area contributed by atoms with Crippen LogP contribution in [0.2, 0.25) is 0 Å². The smallest absolute Gasteiger partial charge is 0.249 e. The topological polar surface area (TPSA) is 75.3 Å². The molecule has 0 radical (unpaired) electrons. The molecule has 2 aliphatic rings. The van der Waals surface area contributed by atoms with Crippen LogP contribution in [0.25, 0.3) is 0 Å². The normalized spacial score (nSPS) is 27.0. The summed E-state index contributed by atoms with van der Waals surface area (Å²) in [6.45, 7) is 0. The molecule has 1 heterocycles. The molecule has 1 aliphatic carbocycles. The monoisotopic (exact) mass is 196 g/mol. The van der Waals surface area contributed by atoms with Crippen LogP contribution >= 0.6 is 0 Å². The Morgan fingerprint density at radius 3 is 2.57 bits per heavy atom.